The van der Waals surface area contributed by atoms with Crippen molar-refractivity contribution in [3.8, 4) is 22.3 Å². The zero-order valence-electron chi connectivity index (χ0n) is 18.0. The van der Waals surface area contributed by atoms with Gasteiger partial charge in [0.05, 0.1) is 26.1 Å². The van der Waals surface area contributed by atoms with Crippen molar-refractivity contribution in [2.75, 3.05) is 0 Å². The second-order valence-electron chi connectivity index (χ2n) is 7.40. The number of carbonyl (C=O) groups is 1. The Morgan fingerprint density at radius 2 is 1.63 bits per heavy atom. The van der Waals surface area contributed by atoms with E-state index in [2.05, 4.69) is 4.98 Å². The molecule has 2 heterocycles. The van der Waals surface area contributed by atoms with Gasteiger partial charge >= 0.3 is 5.97 Å². The summed E-state index contributed by atoms with van der Waals surface area (Å²) in [5.74, 6) is -0.619. The van der Waals surface area contributed by atoms with Crippen molar-refractivity contribution in [2.24, 2.45) is 0 Å². The Hall–Kier alpha value is -4.64. The molecule has 11 nitrogen and oxygen atoms in total. The van der Waals surface area contributed by atoms with Crippen molar-refractivity contribution in [1.82, 2.24) is 9.38 Å². The van der Waals surface area contributed by atoms with Crippen LogP contribution in [0.1, 0.15) is 12.6 Å². The van der Waals surface area contributed by atoms with E-state index in [1.807, 2.05) is 0 Å². The molecule has 0 bridgehead atoms. The van der Waals surface area contributed by atoms with Crippen molar-refractivity contribution >= 4 is 34.6 Å². The molecule has 0 amide bonds. The summed E-state index contributed by atoms with van der Waals surface area (Å²) in [6, 6.07) is 12.6. The molecule has 0 saturated heterocycles. The second kappa shape index (κ2) is 9.31. The number of nitrogens with zero attached hydrogens (tertiary/aromatic N) is 4. The summed E-state index contributed by atoms with van der Waals surface area (Å²) < 4.78 is 6.25. The molecular weight excluding hydrogens is 480 g/mol. The third kappa shape index (κ3) is 4.70. The topological polar surface area (TPSA) is 147 Å². The maximum Gasteiger partial charge on any atom is 0.303 e. The highest BCUT2D eigenvalue weighted by molar-refractivity contribution is 6.31. The largest absolute Gasteiger partial charge is 0.459 e. The molecule has 0 unspecified atom stereocenters. The van der Waals surface area contributed by atoms with Gasteiger partial charge in [-0.3, -0.25) is 34.2 Å². The average molecular weight is 495 g/mol. The summed E-state index contributed by atoms with van der Waals surface area (Å²) in [5, 5.41) is 22.7. The highest BCUT2D eigenvalue weighted by Gasteiger charge is 2.21. The van der Waals surface area contributed by atoms with Gasteiger partial charge in [-0.05, 0) is 17.2 Å². The molecule has 0 N–H and O–H groups in total. The molecule has 176 valence electrons. The number of hydrogen-bond donors (Lipinski definition) is 0. The van der Waals surface area contributed by atoms with E-state index in [4.69, 9.17) is 16.3 Å². The number of nitro benzene ring substituents is 2. The van der Waals surface area contributed by atoms with Crippen molar-refractivity contribution < 1.29 is 19.4 Å². The third-order valence-corrected chi connectivity index (χ3v) is 5.30. The fourth-order valence-electron chi connectivity index (χ4n) is 3.59. The normalized spacial score (nSPS) is 10.8. The molecule has 0 atom stereocenters. The smallest absolute Gasteiger partial charge is 0.303 e. The predicted molar refractivity (Wildman–Crippen MR) is 126 cm³/mol. The number of rotatable bonds is 6. The molecule has 0 aliphatic carbocycles. The lowest BCUT2D eigenvalue weighted by molar-refractivity contribution is -0.385. The fraction of sp³-hybridized carbons (Fsp3) is 0.0870. The van der Waals surface area contributed by atoms with E-state index in [0.29, 0.717) is 11.1 Å². The number of non-ortho nitro benzene ring substituents is 2. The highest BCUT2D eigenvalue weighted by atomic mass is 35.5. The lowest BCUT2D eigenvalue weighted by atomic mass is 10.0. The van der Waals surface area contributed by atoms with E-state index in [9.17, 15) is 29.8 Å². The van der Waals surface area contributed by atoms with Gasteiger partial charge < -0.3 is 4.74 Å². The van der Waals surface area contributed by atoms with Crippen LogP contribution in [0.25, 0.3) is 27.9 Å². The van der Waals surface area contributed by atoms with Gasteiger partial charge in [0.2, 0.25) is 0 Å². The summed E-state index contributed by atoms with van der Waals surface area (Å²) >= 11 is 6.28. The minimum atomic E-state index is -0.619. The highest BCUT2D eigenvalue weighted by Crippen LogP contribution is 2.31. The van der Waals surface area contributed by atoms with Gasteiger partial charge in [-0.2, -0.15) is 0 Å². The monoisotopic (exact) mass is 494 g/mol. The predicted octanol–water partition coefficient (Wildman–Crippen LogP) is 4.56. The standard InChI is InChI=1S/C23H15ClN4O7/c1-13(29)35-12-20-21(15-5-3-7-18(9-15)28(33)34)23(30)26-11-16(24)10-19(22(26)25-20)14-4-2-6-17(8-14)27(31)32/h2-11H,12H2,1H3. The molecule has 35 heavy (non-hydrogen) atoms. The van der Waals surface area contributed by atoms with Gasteiger partial charge in [0.15, 0.2) is 0 Å². The van der Waals surface area contributed by atoms with Crippen LogP contribution in [0.4, 0.5) is 11.4 Å². The molecule has 12 heteroatoms. The molecule has 0 fully saturated rings. The van der Waals surface area contributed by atoms with Crippen LogP contribution >= 0.6 is 11.6 Å². The first-order valence-corrected chi connectivity index (χ1v) is 10.4. The quantitative estimate of drug-likeness (QED) is 0.215. The van der Waals surface area contributed by atoms with Crippen LogP contribution in [0.3, 0.4) is 0 Å². The lowest BCUT2D eigenvalue weighted by Crippen LogP contribution is -2.21. The molecule has 4 rings (SSSR count). The summed E-state index contributed by atoms with van der Waals surface area (Å²) in [6.45, 7) is 0.811. The minimum Gasteiger partial charge on any atom is -0.459 e. The first-order chi connectivity index (χ1) is 16.7. The van der Waals surface area contributed by atoms with Gasteiger partial charge in [0, 0.05) is 42.9 Å². The van der Waals surface area contributed by atoms with Crippen LogP contribution in [0.2, 0.25) is 5.02 Å². The number of halogens is 1. The van der Waals surface area contributed by atoms with Crippen LogP contribution in [-0.2, 0) is 16.1 Å². The van der Waals surface area contributed by atoms with Gasteiger partial charge in [-0.1, -0.05) is 35.9 Å². The maximum atomic E-state index is 13.6. The zero-order valence-corrected chi connectivity index (χ0v) is 18.8. The molecule has 0 aliphatic heterocycles. The maximum absolute atomic E-state index is 13.6. The van der Waals surface area contributed by atoms with Crippen LogP contribution in [0.5, 0.6) is 0 Å². The van der Waals surface area contributed by atoms with E-state index in [1.54, 1.807) is 6.07 Å². The average Bonchev–Trinajstić information content (AvgIpc) is 2.83. The van der Waals surface area contributed by atoms with Gasteiger partial charge in [0.1, 0.15) is 12.3 Å². The molecule has 2 aromatic heterocycles. The van der Waals surface area contributed by atoms with E-state index in [0.717, 1.165) is 4.40 Å². The molecule has 0 radical (unpaired) electrons. The molecule has 4 aromatic rings. The summed E-state index contributed by atoms with van der Waals surface area (Å²) in [5.41, 5.74) is 0.0262. The number of pyridine rings is 1. The van der Waals surface area contributed by atoms with Crippen LogP contribution in [0.15, 0.2) is 65.6 Å². The molecular formula is C23H15ClN4O7. The Morgan fingerprint density at radius 3 is 2.23 bits per heavy atom. The Kier molecular flexibility index (Phi) is 6.26. The minimum absolute atomic E-state index is 0.0142. The lowest BCUT2D eigenvalue weighted by Gasteiger charge is -2.14. The van der Waals surface area contributed by atoms with Crippen molar-refractivity contribution in [2.45, 2.75) is 13.5 Å². The number of hydrogen-bond acceptors (Lipinski definition) is 8. The fourth-order valence-corrected chi connectivity index (χ4v) is 3.80. The second-order valence-corrected chi connectivity index (χ2v) is 7.84. The van der Waals surface area contributed by atoms with E-state index in [-0.39, 0.29) is 45.5 Å². The SMILES string of the molecule is CC(=O)OCc1nc2c(-c3cccc([N+](=O)[O-])c3)cc(Cl)cn2c(=O)c1-c1cccc([N+](=O)[O-])c1. The van der Waals surface area contributed by atoms with Crippen molar-refractivity contribution in [1.29, 1.82) is 0 Å². The first-order valence-electron chi connectivity index (χ1n) is 10.0. The number of fused-ring (bicyclic) bond motifs is 1. The van der Waals surface area contributed by atoms with E-state index < -0.39 is 21.4 Å². The third-order valence-electron chi connectivity index (χ3n) is 5.09. The number of ether oxygens (including phenoxy) is 1. The van der Waals surface area contributed by atoms with Crippen molar-refractivity contribution in [3.63, 3.8) is 0 Å². The van der Waals surface area contributed by atoms with Gasteiger partial charge in [-0.25, -0.2) is 4.98 Å². The first kappa shape index (κ1) is 23.5. The van der Waals surface area contributed by atoms with Crippen LogP contribution in [0, 0.1) is 20.2 Å². The molecule has 0 aliphatic rings. The molecule has 0 spiro atoms. The Balaban J connectivity index is 2.05. The zero-order chi connectivity index (χ0) is 25.3. The summed E-state index contributed by atoms with van der Waals surface area (Å²) in [6.07, 6.45) is 1.32. The van der Waals surface area contributed by atoms with Crippen LogP contribution < -0.4 is 5.56 Å². The number of aromatic nitrogens is 2. The Labute approximate surface area is 201 Å². The number of benzene rings is 2. The number of carbonyl (C=O) groups excluding carboxylic acids is 1. The Bertz CT molecular complexity index is 1580. The van der Waals surface area contributed by atoms with Gasteiger partial charge in [-0.15, -0.1) is 0 Å². The van der Waals surface area contributed by atoms with E-state index in [1.165, 1.54) is 61.7 Å². The van der Waals surface area contributed by atoms with Gasteiger partial charge in [0.25, 0.3) is 16.9 Å². The number of nitro groups is 2. The number of esters is 1. The molecule has 2 aromatic carbocycles. The van der Waals surface area contributed by atoms with Crippen LogP contribution in [-0.4, -0.2) is 25.2 Å². The molecule has 0 saturated carbocycles. The Morgan fingerprint density at radius 1 is 1.03 bits per heavy atom. The van der Waals surface area contributed by atoms with Crippen molar-refractivity contribution in [3.05, 3.63) is 102 Å². The summed E-state index contributed by atoms with van der Waals surface area (Å²) in [4.78, 5) is 51.0. The van der Waals surface area contributed by atoms with E-state index >= 15 is 0 Å². The summed E-state index contributed by atoms with van der Waals surface area (Å²) in [7, 11) is 0.